The van der Waals surface area contributed by atoms with Gasteiger partial charge >= 0.3 is 0 Å². The summed E-state index contributed by atoms with van der Waals surface area (Å²) in [6.45, 7) is 2.18. The number of amides is 1. The highest BCUT2D eigenvalue weighted by molar-refractivity contribution is 5.73. The second kappa shape index (κ2) is 5.43. The van der Waals surface area contributed by atoms with Crippen LogP contribution in [0.5, 0.6) is 0 Å². The molecule has 2 nitrogen and oxygen atoms in total. The third kappa shape index (κ3) is 3.60. The maximum atomic E-state index is 10.5. The zero-order chi connectivity index (χ0) is 10.4. The lowest BCUT2D eigenvalue weighted by Gasteiger charge is -2.10. The van der Waals surface area contributed by atoms with Crippen LogP contribution in [0.25, 0.3) is 0 Å². The van der Waals surface area contributed by atoms with Crippen molar-refractivity contribution in [2.24, 2.45) is 5.73 Å². The number of carbonyl (C=O) groups excluding carboxylic acids is 1. The summed E-state index contributed by atoms with van der Waals surface area (Å²) < 4.78 is 0. The number of rotatable bonds is 5. The number of hydrogen-bond donors (Lipinski definition) is 1. The smallest absolute Gasteiger partial charge is 0.217 e. The summed E-state index contributed by atoms with van der Waals surface area (Å²) in [5.41, 5.74) is 6.41. The molecule has 0 aliphatic rings. The van der Waals surface area contributed by atoms with Crippen LogP contribution < -0.4 is 5.73 Å². The summed E-state index contributed by atoms with van der Waals surface area (Å²) in [7, 11) is 0. The molecule has 1 aromatic rings. The molecular formula is C12H17NO. The van der Waals surface area contributed by atoms with Crippen LogP contribution >= 0.6 is 0 Å². The highest BCUT2D eigenvalue weighted by Crippen LogP contribution is 2.20. The standard InChI is InChI=1S/C12H17NO/c1-10(6-5-9-12(13)14)11-7-3-2-4-8-11/h2-4,7-8,10H,5-6,9H2,1H3,(H2,13,14)/t10-/m0/s1. The number of nitrogens with two attached hydrogens (primary N) is 1. The molecule has 0 bridgehead atoms. The van der Waals surface area contributed by atoms with Gasteiger partial charge in [0.15, 0.2) is 0 Å². The van der Waals surface area contributed by atoms with E-state index in [1.54, 1.807) is 0 Å². The van der Waals surface area contributed by atoms with E-state index >= 15 is 0 Å². The Labute approximate surface area is 85.1 Å². The number of primary amides is 1. The number of benzene rings is 1. The van der Waals surface area contributed by atoms with Crippen molar-refractivity contribution in [3.63, 3.8) is 0 Å². The first-order valence-corrected chi connectivity index (χ1v) is 5.03. The van der Waals surface area contributed by atoms with Crippen molar-refractivity contribution in [2.75, 3.05) is 0 Å². The van der Waals surface area contributed by atoms with Crippen LogP contribution in [-0.2, 0) is 4.79 Å². The van der Waals surface area contributed by atoms with Crippen molar-refractivity contribution < 1.29 is 4.79 Å². The molecule has 1 rings (SSSR count). The van der Waals surface area contributed by atoms with Gasteiger partial charge in [-0.05, 0) is 24.3 Å². The third-order valence-corrected chi connectivity index (χ3v) is 2.43. The molecule has 1 aromatic carbocycles. The van der Waals surface area contributed by atoms with Gasteiger partial charge in [-0.2, -0.15) is 0 Å². The summed E-state index contributed by atoms with van der Waals surface area (Å²) >= 11 is 0. The van der Waals surface area contributed by atoms with Gasteiger partial charge in [-0.15, -0.1) is 0 Å². The Hall–Kier alpha value is -1.31. The van der Waals surface area contributed by atoms with Crippen molar-refractivity contribution in [1.29, 1.82) is 0 Å². The van der Waals surface area contributed by atoms with Gasteiger partial charge in [0, 0.05) is 6.42 Å². The molecule has 0 saturated carbocycles. The molecule has 0 saturated heterocycles. The molecule has 0 heterocycles. The minimum atomic E-state index is -0.203. The first-order chi connectivity index (χ1) is 6.70. The van der Waals surface area contributed by atoms with E-state index in [1.165, 1.54) is 5.56 Å². The topological polar surface area (TPSA) is 43.1 Å². The van der Waals surface area contributed by atoms with E-state index in [9.17, 15) is 4.79 Å². The molecule has 1 amide bonds. The van der Waals surface area contributed by atoms with Crippen molar-refractivity contribution >= 4 is 5.91 Å². The minimum absolute atomic E-state index is 0.203. The molecular weight excluding hydrogens is 174 g/mol. The minimum Gasteiger partial charge on any atom is -0.370 e. The first-order valence-electron chi connectivity index (χ1n) is 5.03. The quantitative estimate of drug-likeness (QED) is 0.763. The Kier molecular flexibility index (Phi) is 4.17. The lowest BCUT2D eigenvalue weighted by atomic mass is 9.95. The molecule has 0 aromatic heterocycles. The third-order valence-electron chi connectivity index (χ3n) is 2.43. The predicted octanol–water partition coefficient (Wildman–Crippen LogP) is 2.45. The maximum absolute atomic E-state index is 10.5. The second-order valence-electron chi connectivity index (χ2n) is 3.67. The Morgan fingerprint density at radius 3 is 2.57 bits per heavy atom. The summed E-state index contributed by atoms with van der Waals surface area (Å²) in [5.74, 6) is 0.306. The fraction of sp³-hybridized carbons (Fsp3) is 0.417. The van der Waals surface area contributed by atoms with Gasteiger partial charge in [0.1, 0.15) is 0 Å². The normalized spacial score (nSPS) is 12.4. The van der Waals surface area contributed by atoms with E-state index in [1.807, 2.05) is 18.2 Å². The fourth-order valence-electron chi connectivity index (χ4n) is 1.53. The SMILES string of the molecule is C[C@@H](CCCC(N)=O)c1ccccc1. The van der Waals surface area contributed by atoms with E-state index in [2.05, 4.69) is 19.1 Å². The van der Waals surface area contributed by atoms with Gasteiger partial charge in [0.25, 0.3) is 0 Å². The number of hydrogen-bond acceptors (Lipinski definition) is 1. The Morgan fingerprint density at radius 2 is 2.00 bits per heavy atom. The van der Waals surface area contributed by atoms with Crippen LogP contribution in [-0.4, -0.2) is 5.91 Å². The van der Waals surface area contributed by atoms with Crippen molar-refractivity contribution in [3.05, 3.63) is 35.9 Å². The molecule has 0 aliphatic carbocycles. The molecule has 2 N–H and O–H groups in total. The van der Waals surface area contributed by atoms with Crippen molar-refractivity contribution in [2.45, 2.75) is 32.1 Å². The van der Waals surface area contributed by atoms with E-state index in [-0.39, 0.29) is 5.91 Å². The van der Waals surface area contributed by atoms with Crippen molar-refractivity contribution in [1.82, 2.24) is 0 Å². The van der Waals surface area contributed by atoms with Crippen LogP contribution in [0.3, 0.4) is 0 Å². The van der Waals surface area contributed by atoms with E-state index in [0.717, 1.165) is 12.8 Å². The summed E-state index contributed by atoms with van der Waals surface area (Å²) in [5, 5.41) is 0. The Morgan fingerprint density at radius 1 is 1.36 bits per heavy atom. The zero-order valence-corrected chi connectivity index (χ0v) is 8.57. The van der Waals surface area contributed by atoms with Gasteiger partial charge in [0.2, 0.25) is 5.91 Å². The van der Waals surface area contributed by atoms with E-state index in [0.29, 0.717) is 12.3 Å². The number of carbonyl (C=O) groups is 1. The van der Waals surface area contributed by atoms with Gasteiger partial charge in [-0.1, -0.05) is 37.3 Å². The molecule has 76 valence electrons. The average molecular weight is 191 g/mol. The van der Waals surface area contributed by atoms with E-state index < -0.39 is 0 Å². The van der Waals surface area contributed by atoms with Crippen LogP contribution in [0.2, 0.25) is 0 Å². The highest BCUT2D eigenvalue weighted by Gasteiger charge is 2.04. The lowest BCUT2D eigenvalue weighted by molar-refractivity contribution is -0.118. The maximum Gasteiger partial charge on any atom is 0.217 e. The van der Waals surface area contributed by atoms with Gasteiger partial charge < -0.3 is 5.73 Å². The largest absolute Gasteiger partial charge is 0.370 e. The summed E-state index contributed by atoms with van der Waals surface area (Å²) in [6.07, 6.45) is 2.40. The zero-order valence-electron chi connectivity index (χ0n) is 8.57. The molecule has 0 unspecified atom stereocenters. The molecule has 14 heavy (non-hydrogen) atoms. The molecule has 0 fully saturated rings. The Bertz CT molecular complexity index is 282. The molecule has 0 spiro atoms. The van der Waals surface area contributed by atoms with E-state index in [4.69, 9.17) is 5.73 Å². The van der Waals surface area contributed by atoms with Gasteiger partial charge in [0.05, 0.1) is 0 Å². The molecule has 0 radical (unpaired) electrons. The second-order valence-corrected chi connectivity index (χ2v) is 3.67. The predicted molar refractivity (Wildman–Crippen MR) is 57.9 cm³/mol. The molecule has 2 heteroatoms. The average Bonchev–Trinajstić information content (AvgIpc) is 2.18. The monoisotopic (exact) mass is 191 g/mol. The summed E-state index contributed by atoms with van der Waals surface area (Å²) in [4.78, 5) is 10.5. The van der Waals surface area contributed by atoms with Crippen LogP contribution in [0.1, 0.15) is 37.7 Å². The first kappa shape index (κ1) is 10.8. The highest BCUT2D eigenvalue weighted by atomic mass is 16.1. The van der Waals surface area contributed by atoms with Crippen LogP contribution in [0.15, 0.2) is 30.3 Å². The van der Waals surface area contributed by atoms with Crippen LogP contribution in [0, 0.1) is 0 Å². The van der Waals surface area contributed by atoms with Gasteiger partial charge in [-0.3, -0.25) is 4.79 Å². The van der Waals surface area contributed by atoms with Crippen LogP contribution in [0.4, 0.5) is 0 Å². The molecule has 0 aliphatic heterocycles. The van der Waals surface area contributed by atoms with Crippen molar-refractivity contribution in [3.8, 4) is 0 Å². The fourth-order valence-corrected chi connectivity index (χ4v) is 1.53. The summed E-state index contributed by atoms with van der Waals surface area (Å²) in [6, 6.07) is 10.3. The van der Waals surface area contributed by atoms with Gasteiger partial charge in [-0.25, -0.2) is 0 Å². The Balaban J connectivity index is 2.36. The lowest BCUT2D eigenvalue weighted by Crippen LogP contribution is -2.10. The molecule has 1 atom stereocenters.